The first-order chi connectivity index (χ1) is 8.55. The molecular formula is C13H25NO2S2. The van der Waals surface area contributed by atoms with Crippen molar-refractivity contribution >= 4 is 21.6 Å². The van der Waals surface area contributed by atoms with Crippen molar-refractivity contribution in [3.63, 3.8) is 0 Å². The maximum absolute atomic E-state index is 11.4. The van der Waals surface area contributed by atoms with E-state index >= 15 is 0 Å². The molecule has 0 aromatic carbocycles. The molecule has 18 heavy (non-hydrogen) atoms. The number of nitrogens with one attached hydrogen (secondary N) is 1. The van der Waals surface area contributed by atoms with E-state index in [2.05, 4.69) is 11.6 Å². The van der Waals surface area contributed by atoms with Crippen LogP contribution in [0, 0.1) is 0 Å². The van der Waals surface area contributed by atoms with Crippen LogP contribution in [0.25, 0.3) is 0 Å². The Bertz CT molecular complexity index is 347. The lowest BCUT2D eigenvalue weighted by atomic mass is 9.88. The molecule has 2 aliphatic rings. The highest BCUT2D eigenvalue weighted by Gasteiger charge is 2.32. The average Bonchev–Trinajstić information content (AvgIpc) is 2.39. The van der Waals surface area contributed by atoms with Gasteiger partial charge in [0.1, 0.15) is 9.84 Å². The lowest BCUT2D eigenvalue weighted by molar-refractivity contribution is 0.352. The van der Waals surface area contributed by atoms with E-state index in [1.54, 1.807) is 0 Å². The lowest BCUT2D eigenvalue weighted by Gasteiger charge is -2.37. The molecule has 0 atom stereocenters. The van der Waals surface area contributed by atoms with Crippen LogP contribution in [0.4, 0.5) is 0 Å². The Morgan fingerprint density at radius 1 is 1.17 bits per heavy atom. The van der Waals surface area contributed by atoms with Gasteiger partial charge in [-0.25, -0.2) is 8.42 Å². The molecule has 106 valence electrons. The highest BCUT2D eigenvalue weighted by atomic mass is 32.2. The Kier molecular flexibility index (Phi) is 5.00. The van der Waals surface area contributed by atoms with Gasteiger partial charge in [-0.2, -0.15) is 11.8 Å². The minimum absolute atomic E-state index is 0.372. The Hall–Kier alpha value is 0.260. The van der Waals surface area contributed by atoms with Crippen LogP contribution in [0.15, 0.2) is 0 Å². The molecule has 1 N–H and O–H groups in total. The summed E-state index contributed by atoms with van der Waals surface area (Å²) in [5.74, 6) is 0.744. The van der Waals surface area contributed by atoms with Gasteiger partial charge in [0, 0.05) is 17.3 Å². The molecule has 0 radical (unpaired) electrons. The molecule has 1 heterocycles. The van der Waals surface area contributed by atoms with E-state index < -0.39 is 9.84 Å². The minimum atomic E-state index is -2.72. The summed E-state index contributed by atoms with van der Waals surface area (Å²) in [4.78, 5) is 0. The summed E-state index contributed by atoms with van der Waals surface area (Å²) in [5, 5.41) is 3.64. The van der Waals surface area contributed by atoms with Crippen molar-refractivity contribution in [3.05, 3.63) is 0 Å². The van der Waals surface area contributed by atoms with E-state index in [0.29, 0.717) is 22.3 Å². The summed E-state index contributed by atoms with van der Waals surface area (Å²) in [6, 6.07) is 0.416. The van der Waals surface area contributed by atoms with Gasteiger partial charge in [0.15, 0.2) is 0 Å². The highest BCUT2D eigenvalue weighted by molar-refractivity contribution is 8.00. The van der Waals surface area contributed by atoms with Crippen molar-refractivity contribution in [2.75, 3.05) is 24.3 Å². The predicted octanol–water partition coefficient (Wildman–Crippen LogP) is 2.22. The Morgan fingerprint density at radius 3 is 2.33 bits per heavy atom. The maximum atomic E-state index is 11.4. The van der Waals surface area contributed by atoms with E-state index in [1.165, 1.54) is 32.1 Å². The molecule has 1 aliphatic heterocycles. The zero-order chi connectivity index (χ0) is 13.1. The highest BCUT2D eigenvalue weighted by Crippen LogP contribution is 2.38. The average molecular weight is 291 g/mol. The van der Waals surface area contributed by atoms with E-state index in [1.807, 2.05) is 11.8 Å². The molecule has 0 aromatic heterocycles. The number of thioether (sulfide) groups is 1. The first-order valence-corrected chi connectivity index (χ1v) is 10.1. The van der Waals surface area contributed by atoms with Gasteiger partial charge in [-0.3, -0.25) is 0 Å². The summed E-state index contributed by atoms with van der Waals surface area (Å²) in [5.41, 5.74) is 0. The molecule has 1 saturated carbocycles. The van der Waals surface area contributed by atoms with Crippen molar-refractivity contribution in [1.29, 1.82) is 0 Å². The summed E-state index contributed by atoms with van der Waals surface area (Å²) in [6.45, 7) is 1.05. The molecule has 0 bridgehead atoms. The third-order valence-corrected chi connectivity index (χ3v) is 7.60. The van der Waals surface area contributed by atoms with Crippen LogP contribution in [0.1, 0.15) is 44.9 Å². The molecule has 0 aromatic rings. The number of sulfone groups is 1. The van der Waals surface area contributed by atoms with Crippen molar-refractivity contribution in [3.8, 4) is 0 Å². The van der Waals surface area contributed by atoms with Crippen molar-refractivity contribution < 1.29 is 8.42 Å². The van der Waals surface area contributed by atoms with Gasteiger partial charge in [-0.15, -0.1) is 0 Å². The number of hydrogen-bond donors (Lipinski definition) is 1. The smallest absolute Gasteiger partial charge is 0.150 e. The second kappa shape index (κ2) is 6.14. The van der Waals surface area contributed by atoms with Gasteiger partial charge in [-0.1, -0.05) is 19.3 Å². The van der Waals surface area contributed by atoms with Gasteiger partial charge < -0.3 is 5.32 Å². The lowest BCUT2D eigenvalue weighted by Crippen LogP contribution is -2.46. The first-order valence-electron chi connectivity index (χ1n) is 7.04. The first kappa shape index (κ1) is 14.7. The molecule has 2 rings (SSSR count). The van der Waals surface area contributed by atoms with E-state index in [-0.39, 0.29) is 0 Å². The third kappa shape index (κ3) is 3.87. The fourth-order valence-corrected chi connectivity index (χ4v) is 5.49. The second-order valence-electron chi connectivity index (χ2n) is 5.75. The standard InChI is InChI=1S/C13H25NO2S2/c1-17-13(7-3-2-4-8-13)11-14-12-5-9-18(15,16)10-6-12/h12,14H,2-11H2,1H3. The maximum Gasteiger partial charge on any atom is 0.150 e. The minimum Gasteiger partial charge on any atom is -0.313 e. The van der Waals surface area contributed by atoms with Crippen LogP contribution < -0.4 is 5.32 Å². The van der Waals surface area contributed by atoms with E-state index in [9.17, 15) is 8.42 Å². The van der Waals surface area contributed by atoms with Crippen molar-refractivity contribution in [1.82, 2.24) is 5.32 Å². The summed E-state index contributed by atoms with van der Waals surface area (Å²) in [7, 11) is -2.72. The zero-order valence-electron chi connectivity index (χ0n) is 11.3. The van der Waals surface area contributed by atoms with E-state index in [4.69, 9.17) is 0 Å². The molecule has 1 aliphatic carbocycles. The quantitative estimate of drug-likeness (QED) is 0.863. The molecule has 1 saturated heterocycles. The van der Waals surface area contributed by atoms with Crippen LogP contribution in [0.3, 0.4) is 0 Å². The Morgan fingerprint density at radius 2 is 1.78 bits per heavy atom. The molecule has 0 spiro atoms. The van der Waals surface area contributed by atoms with Gasteiger partial charge >= 0.3 is 0 Å². The predicted molar refractivity (Wildman–Crippen MR) is 79.0 cm³/mol. The summed E-state index contributed by atoms with van der Waals surface area (Å²) >= 11 is 2.00. The zero-order valence-corrected chi connectivity index (χ0v) is 12.9. The summed E-state index contributed by atoms with van der Waals surface area (Å²) < 4.78 is 23.2. The van der Waals surface area contributed by atoms with Gasteiger partial charge in [-0.05, 0) is 31.9 Å². The van der Waals surface area contributed by atoms with Crippen LogP contribution in [0.2, 0.25) is 0 Å². The van der Waals surface area contributed by atoms with Crippen molar-refractivity contribution in [2.45, 2.75) is 55.7 Å². The number of rotatable bonds is 4. The van der Waals surface area contributed by atoms with Gasteiger partial charge in [0.25, 0.3) is 0 Å². The molecule has 5 heteroatoms. The van der Waals surface area contributed by atoms with Gasteiger partial charge in [0.05, 0.1) is 11.5 Å². The molecule has 0 amide bonds. The largest absolute Gasteiger partial charge is 0.313 e. The number of hydrogen-bond acceptors (Lipinski definition) is 4. The SMILES string of the molecule is CSC1(CNC2CCS(=O)(=O)CC2)CCCCC1. The van der Waals surface area contributed by atoms with Crippen LogP contribution in [-0.4, -0.2) is 43.5 Å². The van der Waals surface area contributed by atoms with Crippen LogP contribution in [0.5, 0.6) is 0 Å². The van der Waals surface area contributed by atoms with Crippen LogP contribution in [-0.2, 0) is 9.84 Å². The fraction of sp³-hybridized carbons (Fsp3) is 1.00. The summed E-state index contributed by atoms with van der Waals surface area (Å²) in [6.07, 6.45) is 10.5. The molecule has 2 fully saturated rings. The topological polar surface area (TPSA) is 46.2 Å². The Balaban J connectivity index is 1.80. The molecule has 0 unspecified atom stereocenters. The second-order valence-corrected chi connectivity index (χ2v) is 9.33. The van der Waals surface area contributed by atoms with Crippen molar-refractivity contribution in [2.24, 2.45) is 0 Å². The third-order valence-electron chi connectivity index (χ3n) is 4.47. The van der Waals surface area contributed by atoms with Crippen LogP contribution >= 0.6 is 11.8 Å². The normalized spacial score (nSPS) is 28.1. The monoisotopic (exact) mass is 291 g/mol. The molecular weight excluding hydrogens is 266 g/mol. The van der Waals surface area contributed by atoms with Gasteiger partial charge in [0.2, 0.25) is 0 Å². The molecule has 3 nitrogen and oxygen atoms in total. The van der Waals surface area contributed by atoms with E-state index in [0.717, 1.165) is 19.4 Å². The fourth-order valence-electron chi connectivity index (χ4n) is 3.07. The Labute approximate surface area is 115 Å².